The van der Waals surface area contributed by atoms with Gasteiger partial charge in [-0.05, 0) is 47.0 Å². The van der Waals surface area contributed by atoms with E-state index in [1.165, 1.54) is 0 Å². The van der Waals surface area contributed by atoms with E-state index in [1.54, 1.807) is 0 Å². The number of ether oxygens (including phenoxy) is 1. The van der Waals surface area contributed by atoms with Crippen molar-refractivity contribution in [2.24, 2.45) is 5.73 Å². The second kappa shape index (κ2) is 4.99. The maximum Gasteiger partial charge on any atom is 0.255 e. The summed E-state index contributed by atoms with van der Waals surface area (Å²) in [5, 5.41) is 0. The first-order valence-corrected chi connectivity index (χ1v) is 5.88. The summed E-state index contributed by atoms with van der Waals surface area (Å²) in [5.41, 5.74) is 7.08. The van der Waals surface area contributed by atoms with Gasteiger partial charge >= 0.3 is 0 Å². The molecule has 0 bridgehead atoms. The number of carbonyl (C=O) groups excluding carboxylic acids is 1. The first-order valence-electron chi connectivity index (χ1n) is 4.29. The molecule has 0 unspecified atom stereocenters. The molecule has 3 nitrogen and oxygen atoms in total. The zero-order valence-corrected chi connectivity index (χ0v) is 11.6. The number of halogens is 2. The average Bonchev–Trinajstić information content (AvgIpc) is 2.14. The Morgan fingerprint density at radius 3 is 2.47 bits per heavy atom. The van der Waals surface area contributed by atoms with Crippen LogP contribution in [0, 0.1) is 13.8 Å². The molecule has 1 rings (SSSR count). The Morgan fingerprint density at radius 1 is 1.33 bits per heavy atom. The number of carbonyl (C=O) groups is 1. The molecule has 1 aromatic carbocycles. The van der Waals surface area contributed by atoms with Crippen molar-refractivity contribution in [1.29, 1.82) is 0 Å². The van der Waals surface area contributed by atoms with Crippen LogP contribution < -0.4 is 10.5 Å². The third kappa shape index (κ3) is 2.95. The van der Waals surface area contributed by atoms with Crippen molar-refractivity contribution in [3.63, 3.8) is 0 Å². The van der Waals surface area contributed by atoms with E-state index >= 15 is 0 Å². The van der Waals surface area contributed by atoms with Gasteiger partial charge in [-0.1, -0.05) is 15.9 Å². The fourth-order valence-electron chi connectivity index (χ4n) is 1.13. The zero-order chi connectivity index (χ0) is 11.6. The predicted octanol–water partition coefficient (Wildman–Crippen LogP) is 2.69. The highest BCUT2D eigenvalue weighted by Crippen LogP contribution is 2.35. The van der Waals surface area contributed by atoms with Gasteiger partial charge in [0.1, 0.15) is 5.75 Å². The largest absolute Gasteiger partial charge is 0.482 e. The standard InChI is InChI=1S/C10H11Br2NO2/c1-5-6(2)10(15-4-9(13)14)8(12)3-7(5)11/h3H,4H2,1-2H3,(H2,13,14). The lowest BCUT2D eigenvalue weighted by atomic mass is 10.1. The summed E-state index contributed by atoms with van der Waals surface area (Å²) in [7, 11) is 0. The molecule has 2 N–H and O–H groups in total. The van der Waals surface area contributed by atoms with Crippen LogP contribution in [-0.4, -0.2) is 12.5 Å². The van der Waals surface area contributed by atoms with Crippen LogP contribution in [0.3, 0.4) is 0 Å². The van der Waals surface area contributed by atoms with E-state index in [-0.39, 0.29) is 6.61 Å². The molecule has 1 amide bonds. The molecule has 0 aromatic heterocycles. The van der Waals surface area contributed by atoms with E-state index in [9.17, 15) is 4.79 Å². The van der Waals surface area contributed by atoms with Crippen LogP contribution in [0.2, 0.25) is 0 Å². The van der Waals surface area contributed by atoms with Gasteiger partial charge in [0.25, 0.3) is 5.91 Å². The van der Waals surface area contributed by atoms with E-state index in [1.807, 2.05) is 19.9 Å². The van der Waals surface area contributed by atoms with E-state index in [4.69, 9.17) is 10.5 Å². The van der Waals surface area contributed by atoms with Crippen LogP contribution in [0.1, 0.15) is 11.1 Å². The Kier molecular flexibility index (Phi) is 4.16. The monoisotopic (exact) mass is 335 g/mol. The Balaban J connectivity index is 3.07. The van der Waals surface area contributed by atoms with Crippen LogP contribution in [0.25, 0.3) is 0 Å². The van der Waals surface area contributed by atoms with E-state index < -0.39 is 5.91 Å². The lowest BCUT2D eigenvalue weighted by Gasteiger charge is -2.13. The van der Waals surface area contributed by atoms with Gasteiger partial charge in [-0.15, -0.1) is 0 Å². The average molecular weight is 337 g/mol. The lowest BCUT2D eigenvalue weighted by Crippen LogP contribution is -2.20. The number of benzene rings is 1. The molecule has 82 valence electrons. The maximum absolute atomic E-state index is 10.6. The second-order valence-electron chi connectivity index (χ2n) is 3.17. The molecule has 0 radical (unpaired) electrons. The third-order valence-electron chi connectivity index (χ3n) is 2.09. The number of nitrogens with two attached hydrogens (primary N) is 1. The molecular formula is C10H11Br2NO2. The first kappa shape index (κ1) is 12.5. The molecular weight excluding hydrogens is 326 g/mol. The van der Waals surface area contributed by atoms with Gasteiger partial charge in [0.15, 0.2) is 6.61 Å². The van der Waals surface area contributed by atoms with E-state index in [2.05, 4.69) is 31.9 Å². The minimum atomic E-state index is -0.484. The predicted molar refractivity (Wildman–Crippen MR) is 66.0 cm³/mol. The minimum Gasteiger partial charge on any atom is -0.482 e. The lowest BCUT2D eigenvalue weighted by molar-refractivity contribution is -0.119. The van der Waals surface area contributed by atoms with Gasteiger partial charge in [-0.25, -0.2) is 0 Å². The Labute approximate surface area is 105 Å². The van der Waals surface area contributed by atoms with Gasteiger partial charge in [0.05, 0.1) is 4.47 Å². The summed E-state index contributed by atoms with van der Waals surface area (Å²) in [6.07, 6.45) is 0. The molecule has 0 spiro atoms. The van der Waals surface area contributed by atoms with Crippen molar-refractivity contribution < 1.29 is 9.53 Å². The highest BCUT2D eigenvalue weighted by molar-refractivity contribution is 9.11. The van der Waals surface area contributed by atoms with Gasteiger partial charge in [0, 0.05) is 4.47 Å². The van der Waals surface area contributed by atoms with Crippen LogP contribution in [0.5, 0.6) is 5.75 Å². The van der Waals surface area contributed by atoms with Crippen molar-refractivity contribution >= 4 is 37.8 Å². The summed E-state index contributed by atoms with van der Waals surface area (Å²) >= 11 is 6.81. The second-order valence-corrected chi connectivity index (χ2v) is 4.88. The van der Waals surface area contributed by atoms with Gasteiger partial charge in [-0.2, -0.15) is 0 Å². The Hall–Kier alpha value is -0.550. The Bertz CT molecular complexity index is 405. The molecule has 0 fully saturated rings. The maximum atomic E-state index is 10.6. The SMILES string of the molecule is Cc1c(Br)cc(Br)c(OCC(N)=O)c1C. The molecule has 0 atom stereocenters. The summed E-state index contributed by atoms with van der Waals surface area (Å²) in [6, 6.07) is 1.89. The van der Waals surface area contributed by atoms with Crippen LogP contribution >= 0.6 is 31.9 Å². The number of hydrogen-bond acceptors (Lipinski definition) is 2. The van der Waals surface area contributed by atoms with Crippen LogP contribution in [0.15, 0.2) is 15.0 Å². The molecule has 1 aromatic rings. The normalized spacial score (nSPS) is 10.1. The molecule has 0 saturated heterocycles. The molecule has 0 aliphatic carbocycles. The molecule has 0 saturated carbocycles. The fourth-order valence-corrected chi connectivity index (χ4v) is 2.61. The van der Waals surface area contributed by atoms with Crippen LogP contribution in [0.4, 0.5) is 0 Å². The van der Waals surface area contributed by atoms with Gasteiger partial charge in [0.2, 0.25) is 0 Å². The summed E-state index contributed by atoms with van der Waals surface area (Å²) in [5.74, 6) is 0.177. The van der Waals surface area contributed by atoms with Crippen molar-refractivity contribution in [3.8, 4) is 5.75 Å². The number of rotatable bonds is 3. The van der Waals surface area contributed by atoms with Gasteiger partial charge in [-0.3, -0.25) is 4.79 Å². The number of hydrogen-bond donors (Lipinski definition) is 1. The summed E-state index contributed by atoms with van der Waals surface area (Å²) in [4.78, 5) is 10.6. The molecule has 0 aliphatic heterocycles. The quantitative estimate of drug-likeness (QED) is 0.922. The highest BCUT2D eigenvalue weighted by atomic mass is 79.9. The van der Waals surface area contributed by atoms with Crippen molar-refractivity contribution in [3.05, 3.63) is 26.1 Å². The highest BCUT2D eigenvalue weighted by Gasteiger charge is 2.11. The smallest absolute Gasteiger partial charge is 0.255 e. The minimum absolute atomic E-state index is 0.111. The third-order valence-corrected chi connectivity index (χ3v) is 3.50. The number of amides is 1. The molecule has 15 heavy (non-hydrogen) atoms. The van der Waals surface area contributed by atoms with Crippen LogP contribution in [-0.2, 0) is 4.79 Å². The zero-order valence-electron chi connectivity index (χ0n) is 8.43. The summed E-state index contributed by atoms with van der Waals surface area (Å²) in [6.45, 7) is 3.80. The first-order chi connectivity index (χ1) is 6.93. The Morgan fingerprint density at radius 2 is 1.93 bits per heavy atom. The van der Waals surface area contributed by atoms with E-state index in [0.29, 0.717) is 5.75 Å². The topological polar surface area (TPSA) is 52.3 Å². The summed E-state index contributed by atoms with van der Waals surface area (Å²) < 4.78 is 7.13. The van der Waals surface area contributed by atoms with Crippen molar-refractivity contribution in [2.45, 2.75) is 13.8 Å². The van der Waals surface area contributed by atoms with E-state index in [0.717, 1.165) is 20.1 Å². The van der Waals surface area contributed by atoms with Gasteiger partial charge < -0.3 is 10.5 Å². The number of primary amides is 1. The molecule has 0 aliphatic rings. The van der Waals surface area contributed by atoms with Crippen molar-refractivity contribution in [1.82, 2.24) is 0 Å². The van der Waals surface area contributed by atoms with Crippen molar-refractivity contribution in [2.75, 3.05) is 6.61 Å². The molecule has 5 heteroatoms. The molecule has 0 heterocycles. The fraction of sp³-hybridized carbons (Fsp3) is 0.300.